The van der Waals surface area contributed by atoms with Crippen LogP contribution < -0.4 is 5.73 Å². The van der Waals surface area contributed by atoms with Gasteiger partial charge in [-0.3, -0.25) is 0 Å². The van der Waals surface area contributed by atoms with Gasteiger partial charge in [0.2, 0.25) is 0 Å². The zero-order chi connectivity index (χ0) is 12.9. The summed E-state index contributed by atoms with van der Waals surface area (Å²) in [6.07, 6.45) is 1.11. The van der Waals surface area contributed by atoms with Gasteiger partial charge in [0.15, 0.2) is 0 Å². The van der Waals surface area contributed by atoms with E-state index >= 15 is 0 Å². The van der Waals surface area contributed by atoms with E-state index in [2.05, 4.69) is 57.0 Å². The van der Waals surface area contributed by atoms with Gasteiger partial charge in [0.1, 0.15) is 0 Å². The van der Waals surface area contributed by atoms with Crippen LogP contribution in [0, 0.1) is 12.3 Å². The second kappa shape index (κ2) is 6.18. The van der Waals surface area contributed by atoms with E-state index in [0.29, 0.717) is 0 Å². The van der Waals surface area contributed by atoms with Crippen molar-refractivity contribution in [2.75, 3.05) is 26.7 Å². The van der Waals surface area contributed by atoms with Crippen LogP contribution in [0.1, 0.15) is 25.0 Å². The number of aryl methyl sites for hydroxylation is 1. The SMILES string of the molecule is Cc1ccccc1CCN(C)CC(C)(C)CN. The number of likely N-dealkylation sites (N-methyl/N-ethyl adjacent to an activating group) is 1. The quantitative estimate of drug-likeness (QED) is 0.819. The monoisotopic (exact) mass is 234 g/mol. The lowest BCUT2D eigenvalue weighted by Gasteiger charge is -2.29. The molecule has 17 heavy (non-hydrogen) atoms. The highest BCUT2D eigenvalue weighted by molar-refractivity contribution is 5.25. The molecule has 0 unspecified atom stereocenters. The molecular weight excluding hydrogens is 208 g/mol. The molecule has 0 aliphatic rings. The minimum Gasteiger partial charge on any atom is -0.330 e. The van der Waals surface area contributed by atoms with Crippen LogP contribution in [0.25, 0.3) is 0 Å². The first kappa shape index (κ1) is 14.2. The summed E-state index contributed by atoms with van der Waals surface area (Å²) in [7, 11) is 2.18. The van der Waals surface area contributed by atoms with Crippen LogP contribution in [-0.4, -0.2) is 31.6 Å². The molecule has 0 saturated heterocycles. The van der Waals surface area contributed by atoms with Gasteiger partial charge in [-0.05, 0) is 43.5 Å². The first-order valence-electron chi connectivity index (χ1n) is 6.38. The summed E-state index contributed by atoms with van der Waals surface area (Å²) in [6.45, 7) is 9.50. The average molecular weight is 234 g/mol. The van der Waals surface area contributed by atoms with Crippen molar-refractivity contribution in [2.24, 2.45) is 11.1 Å². The van der Waals surface area contributed by atoms with Gasteiger partial charge >= 0.3 is 0 Å². The van der Waals surface area contributed by atoms with E-state index in [0.717, 1.165) is 26.1 Å². The van der Waals surface area contributed by atoms with Gasteiger partial charge in [-0.15, -0.1) is 0 Å². The van der Waals surface area contributed by atoms with Gasteiger partial charge in [0, 0.05) is 13.1 Å². The van der Waals surface area contributed by atoms with Gasteiger partial charge in [-0.2, -0.15) is 0 Å². The fourth-order valence-corrected chi connectivity index (χ4v) is 2.08. The Kier molecular flexibility index (Phi) is 5.16. The van der Waals surface area contributed by atoms with Crippen molar-refractivity contribution in [3.05, 3.63) is 35.4 Å². The summed E-state index contributed by atoms with van der Waals surface area (Å²) in [5.74, 6) is 0. The van der Waals surface area contributed by atoms with Gasteiger partial charge < -0.3 is 10.6 Å². The van der Waals surface area contributed by atoms with E-state index in [9.17, 15) is 0 Å². The number of hydrogen-bond acceptors (Lipinski definition) is 2. The molecule has 2 N–H and O–H groups in total. The summed E-state index contributed by atoms with van der Waals surface area (Å²) >= 11 is 0. The zero-order valence-corrected chi connectivity index (χ0v) is 11.7. The van der Waals surface area contributed by atoms with Crippen LogP contribution in [0.4, 0.5) is 0 Å². The van der Waals surface area contributed by atoms with Crippen LogP contribution in [0.15, 0.2) is 24.3 Å². The average Bonchev–Trinajstić information content (AvgIpc) is 2.27. The predicted molar refractivity (Wildman–Crippen MR) is 75.2 cm³/mol. The third-order valence-electron chi connectivity index (χ3n) is 3.27. The molecular formula is C15H26N2. The third-order valence-corrected chi connectivity index (χ3v) is 3.27. The summed E-state index contributed by atoms with van der Waals surface area (Å²) in [4.78, 5) is 2.37. The van der Waals surface area contributed by atoms with Crippen molar-refractivity contribution in [3.63, 3.8) is 0 Å². The summed E-state index contributed by atoms with van der Waals surface area (Å²) in [5, 5.41) is 0. The molecule has 0 aliphatic heterocycles. The largest absolute Gasteiger partial charge is 0.330 e. The Hall–Kier alpha value is -0.860. The van der Waals surface area contributed by atoms with Crippen molar-refractivity contribution < 1.29 is 0 Å². The molecule has 0 amide bonds. The number of nitrogens with zero attached hydrogens (tertiary/aromatic N) is 1. The van der Waals surface area contributed by atoms with Crippen molar-refractivity contribution in [1.82, 2.24) is 4.90 Å². The molecule has 96 valence electrons. The Morgan fingerprint density at radius 1 is 1.24 bits per heavy atom. The summed E-state index contributed by atoms with van der Waals surface area (Å²) in [6, 6.07) is 8.61. The first-order valence-corrected chi connectivity index (χ1v) is 6.38. The van der Waals surface area contributed by atoms with Crippen LogP contribution >= 0.6 is 0 Å². The number of rotatable bonds is 6. The highest BCUT2D eigenvalue weighted by Gasteiger charge is 2.17. The Labute approximate surface area is 106 Å². The van der Waals surface area contributed by atoms with E-state index in [1.165, 1.54) is 11.1 Å². The molecule has 0 aliphatic carbocycles. The molecule has 1 rings (SSSR count). The topological polar surface area (TPSA) is 29.3 Å². The van der Waals surface area contributed by atoms with Gasteiger partial charge in [-0.1, -0.05) is 38.1 Å². The van der Waals surface area contributed by atoms with Crippen molar-refractivity contribution >= 4 is 0 Å². The minimum absolute atomic E-state index is 0.209. The predicted octanol–water partition coefficient (Wildman–Crippen LogP) is 2.45. The fourth-order valence-electron chi connectivity index (χ4n) is 2.08. The molecule has 0 saturated carbocycles. The van der Waals surface area contributed by atoms with E-state index in [1.807, 2.05) is 0 Å². The standard InChI is InChI=1S/C15H26N2/c1-13-7-5-6-8-14(13)9-10-17(4)12-15(2,3)11-16/h5-8H,9-12,16H2,1-4H3. The molecule has 1 aromatic carbocycles. The lowest BCUT2D eigenvalue weighted by atomic mass is 9.93. The molecule has 0 atom stereocenters. The third kappa shape index (κ3) is 4.88. The Morgan fingerprint density at radius 2 is 1.88 bits per heavy atom. The Balaban J connectivity index is 2.44. The number of benzene rings is 1. The number of nitrogens with two attached hydrogens (primary N) is 1. The molecule has 0 spiro atoms. The lowest BCUT2D eigenvalue weighted by Crippen LogP contribution is -2.37. The smallest absolute Gasteiger partial charge is 0.00418 e. The highest BCUT2D eigenvalue weighted by atomic mass is 15.1. The van der Waals surface area contributed by atoms with Crippen molar-refractivity contribution in [2.45, 2.75) is 27.2 Å². The van der Waals surface area contributed by atoms with Crippen LogP contribution in [0.2, 0.25) is 0 Å². The second-order valence-electron chi connectivity index (χ2n) is 5.78. The molecule has 1 aromatic rings. The van der Waals surface area contributed by atoms with Crippen LogP contribution in [-0.2, 0) is 6.42 Å². The van der Waals surface area contributed by atoms with Gasteiger partial charge in [-0.25, -0.2) is 0 Å². The maximum atomic E-state index is 5.76. The molecule has 0 heterocycles. The fraction of sp³-hybridized carbons (Fsp3) is 0.600. The van der Waals surface area contributed by atoms with Gasteiger partial charge in [0.25, 0.3) is 0 Å². The highest BCUT2D eigenvalue weighted by Crippen LogP contribution is 2.14. The van der Waals surface area contributed by atoms with E-state index in [4.69, 9.17) is 5.73 Å². The maximum absolute atomic E-state index is 5.76. The van der Waals surface area contributed by atoms with E-state index < -0.39 is 0 Å². The minimum atomic E-state index is 0.209. The number of hydrogen-bond donors (Lipinski definition) is 1. The molecule has 2 nitrogen and oxygen atoms in total. The van der Waals surface area contributed by atoms with Gasteiger partial charge in [0.05, 0.1) is 0 Å². The Morgan fingerprint density at radius 3 is 2.47 bits per heavy atom. The first-order chi connectivity index (χ1) is 7.94. The summed E-state index contributed by atoms with van der Waals surface area (Å²) in [5.41, 5.74) is 8.81. The Bertz CT molecular complexity index is 345. The normalized spacial score (nSPS) is 12.1. The van der Waals surface area contributed by atoms with Crippen molar-refractivity contribution in [1.29, 1.82) is 0 Å². The molecule has 0 radical (unpaired) electrons. The van der Waals surface area contributed by atoms with Crippen LogP contribution in [0.3, 0.4) is 0 Å². The summed E-state index contributed by atoms with van der Waals surface area (Å²) < 4.78 is 0. The molecule has 0 aromatic heterocycles. The molecule has 0 fully saturated rings. The zero-order valence-electron chi connectivity index (χ0n) is 11.7. The van der Waals surface area contributed by atoms with E-state index in [1.54, 1.807) is 0 Å². The van der Waals surface area contributed by atoms with E-state index in [-0.39, 0.29) is 5.41 Å². The molecule has 2 heteroatoms. The van der Waals surface area contributed by atoms with Crippen molar-refractivity contribution in [3.8, 4) is 0 Å². The maximum Gasteiger partial charge on any atom is 0.00418 e. The molecule has 0 bridgehead atoms. The lowest BCUT2D eigenvalue weighted by molar-refractivity contribution is 0.217. The second-order valence-corrected chi connectivity index (χ2v) is 5.78. The van der Waals surface area contributed by atoms with Crippen LogP contribution in [0.5, 0.6) is 0 Å².